The van der Waals surface area contributed by atoms with Crippen LogP contribution in [0.4, 0.5) is 11.6 Å². The number of benzene rings is 1. The Balaban J connectivity index is 1.28. The summed E-state index contributed by atoms with van der Waals surface area (Å²) in [5.74, 6) is -0.424. The molecule has 33 heavy (non-hydrogen) atoms. The van der Waals surface area contributed by atoms with E-state index >= 15 is 0 Å². The predicted molar refractivity (Wildman–Crippen MR) is 123 cm³/mol. The Morgan fingerprint density at radius 1 is 1.15 bits per heavy atom. The Morgan fingerprint density at radius 3 is 2.73 bits per heavy atom. The summed E-state index contributed by atoms with van der Waals surface area (Å²) < 4.78 is 0. The van der Waals surface area contributed by atoms with E-state index < -0.39 is 5.92 Å². The van der Waals surface area contributed by atoms with Gasteiger partial charge < -0.3 is 20.9 Å². The van der Waals surface area contributed by atoms with E-state index in [-0.39, 0.29) is 24.1 Å². The molecule has 3 N–H and O–H groups in total. The molecule has 9 heteroatoms. The molecular formula is C24H28N6O3. The standard InChI is InChI=1S/C24H28N6O3/c31-21-13-17(16-5-1-2-6-19(16)28-21)22(32)25-10-9-20-18(23(33)30-11-3-4-12-30)14-26-24(29-20)27-15-7-8-15/h1-2,5-6,14-15,17H,3-4,7-13H2,(H,25,32)(H,28,31)(H,26,27,29)/t17-/m1/s1. The molecule has 0 radical (unpaired) electrons. The van der Waals surface area contributed by atoms with Gasteiger partial charge in [-0.1, -0.05) is 18.2 Å². The average Bonchev–Trinajstić information content (AvgIpc) is 3.46. The Hall–Kier alpha value is -3.49. The van der Waals surface area contributed by atoms with Gasteiger partial charge in [0.1, 0.15) is 0 Å². The molecule has 1 saturated carbocycles. The molecule has 9 nitrogen and oxygen atoms in total. The Bertz CT molecular complexity index is 1080. The number of anilines is 2. The molecule has 0 spiro atoms. The Morgan fingerprint density at radius 2 is 1.94 bits per heavy atom. The van der Waals surface area contributed by atoms with E-state index in [1.165, 1.54) is 0 Å². The van der Waals surface area contributed by atoms with Crippen LogP contribution in [0.5, 0.6) is 0 Å². The maximum absolute atomic E-state index is 13.0. The second kappa shape index (κ2) is 9.17. The number of nitrogens with one attached hydrogen (secondary N) is 3. The van der Waals surface area contributed by atoms with Crippen molar-refractivity contribution in [3.8, 4) is 0 Å². The number of carbonyl (C=O) groups excluding carboxylic acids is 3. The van der Waals surface area contributed by atoms with E-state index in [0.29, 0.717) is 41.9 Å². The highest BCUT2D eigenvalue weighted by atomic mass is 16.2. The summed E-state index contributed by atoms with van der Waals surface area (Å²) in [7, 11) is 0. The highest BCUT2D eigenvalue weighted by Crippen LogP contribution is 2.32. The van der Waals surface area contributed by atoms with Crippen LogP contribution in [-0.4, -0.2) is 58.3 Å². The number of fused-ring (bicyclic) bond motifs is 1. The van der Waals surface area contributed by atoms with Gasteiger partial charge >= 0.3 is 0 Å². The van der Waals surface area contributed by atoms with Crippen LogP contribution in [-0.2, 0) is 16.0 Å². The molecule has 1 aromatic carbocycles. The number of likely N-dealkylation sites (tertiary alicyclic amines) is 1. The lowest BCUT2D eigenvalue weighted by Crippen LogP contribution is -2.36. The van der Waals surface area contributed by atoms with Crippen LogP contribution >= 0.6 is 0 Å². The number of nitrogens with zero attached hydrogens (tertiary/aromatic N) is 3. The second-order valence-electron chi connectivity index (χ2n) is 8.91. The molecule has 2 fully saturated rings. The number of rotatable bonds is 7. The first kappa shape index (κ1) is 21.4. The van der Waals surface area contributed by atoms with Gasteiger partial charge in [0, 0.05) is 50.4 Å². The van der Waals surface area contributed by atoms with E-state index in [0.717, 1.165) is 44.3 Å². The lowest BCUT2D eigenvalue weighted by Gasteiger charge is -2.24. The zero-order valence-electron chi connectivity index (χ0n) is 18.5. The van der Waals surface area contributed by atoms with Gasteiger partial charge in [-0.3, -0.25) is 14.4 Å². The maximum atomic E-state index is 13.0. The quantitative estimate of drug-likeness (QED) is 0.597. The second-order valence-corrected chi connectivity index (χ2v) is 8.91. The minimum Gasteiger partial charge on any atom is -0.355 e. The summed E-state index contributed by atoms with van der Waals surface area (Å²) >= 11 is 0. The summed E-state index contributed by atoms with van der Waals surface area (Å²) in [6.45, 7) is 1.82. The van der Waals surface area contributed by atoms with Crippen LogP contribution in [0.3, 0.4) is 0 Å². The van der Waals surface area contributed by atoms with Crippen molar-refractivity contribution in [3.05, 3.63) is 47.3 Å². The lowest BCUT2D eigenvalue weighted by molar-refractivity contribution is -0.126. The molecule has 3 amide bonds. The number of para-hydroxylation sites is 1. The van der Waals surface area contributed by atoms with Crippen molar-refractivity contribution < 1.29 is 14.4 Å². The van der Waals surface area contributed by atoms with E-state index in [9.17, 15) is 14.4 Å². The van der Waals surface area contributed by atoms with Crippen molar-refractivity contribution in [1.82, 2.24) is 20.2 Å². The molecule has 1 aromatic heterocycles. The minimum absolute atomic E-state index is 0.0512. The van der Waals surface area contributed by atoms with Gasteiger partial charge in [0.2, 0.25) is 17.8 Å². The first-order valence-corrected chi connectivity index (χ1v) is 11.7. The molecular weight excluding hydrogens is 420 g/mol. The molecule has 1 aliphatic carbocycles. The monoisotopic (exact) mass is 448 g/mol. The summed E-state index contributed by atoms with van der Waals surface area (Å²) in [5, 5.41) is 9.04. The summed E-state index contributed by atoms with van der Waals surface area (Å²) in [6.07, 6.45) is 6.34. The van der Waals surface area contributed by atoms with E-state index in [4.69, 9.17) is 0 Å². The fraction of sp³-hybridized carbons (Fsp3) is 0.458. The molecule has 3 heterocycles. The van der Waals surface area contributed by atoms with Crippen molar-refractivity contribution in [1.29, 1.82) is 0 Å². The van der Waals surface area contributed by atoms with Crippen LogP contribution in [0, 0.1) is 0 Å². The van der Waals surface area contributed by atoms with Crippen molar-refractivity contribution in [2.75, 3.05) is 30.3 Å². The van der Waals surface area contributed by atoms with Gasteiger partial charge in [-0.25, -0.2) is 9.97 Å². The first-order chi connectivity index (χ1) is 16.1. The molecule has 1 saturated heterocycles. The SMILES string of the molecule is O=C1C[C@@H](C(=O)NCCc2nc(NC3CC3)ncc2C(=O)N2CCCC2)c2ccccc2N1. The number of hydrogen-bond acceptors (Lipinski definition) is 6. The zero-order valence-corrected chi connectivity index (χ0v) is 18.5. The molecule has 0 unspecified atom stereocenters. The zero-order chi connectivity index (χ0) is 22.8. The number of hydrogen-bond donors (Lipinski definition) is 3. The van der Waals surface area contributed by atoms with Gasteiger partial charge in [-0.05, 0) is 37.3 Å². The first-order valence-electron chi connectivity index (χ1n) is 11.7. The smallest absolute Gasteiger partial charge is 0.257 e. The number of aromatic nitrogens is 2. The van der Waals surface area contributed by atoms with Crippen LogP contribution in [0.25, 0.3) is 0 Å². The van der Waals surface area contributed by atoms with Crippen molar-refractivity contribution in [2.24, 2.45) is 0 Å². The third-order valence-corrected chi connectivity index (χ3v) is 6.38. The van der Waals surface area contributed by atoms with Gasteiger partial charge in [0.15, 0.2) is 0 Å². The number of carbonyl (C=O) groups is 3. The van der Waals surface area contributed by atoms with E-state index in [2.05, 4.69) is 25.9 Å². The highest BCUT2D eigenvalue weighted by molar-refractivity contribution is 6.01. The van der Waals surface area contributed by atoms with Crippen LogP contribution in [0.1, 0.15) is 59.6 Å². The Labute approximate surface area is 192 Å². The van der Waals surface area contributed by atoms with Gasteiger partial charge in [-0.15, -0.1) is 0 Å². The molecule has 2 aliphatic heterocycles. The molecule has 1 atom stereocenters. The minimum atomic E-state index is -0.529. The summed E-state index contributed by atoms with van der Waals surface area (Å²) in [6, 6.07) is 7.77. The van der Waals surface area contributed by atoms with Crippen LogP contribution in [0.15, 0.2) is 30.5 Å². The summed E-state index contributed by atoms with van der Waals surface area (Å²) in [5.41, 5.74) is 2.62. The van der Waals surface area contributed by atoms with E-state index in [1.54, 1.807) is 12.3 Å². The fourth-order valence-corrected chi connectivity index (χ4v) is 4.43. The third-order valence-electron chi connectivity index (χ3n) is 6.38. The summed E-state index contributed by atoms with van der Waals surface area (Å²) in [4.78, 5) is 48.8. The van der Waals surface area contributed by atoms with Crippen molar-refractivity contribution in [3.63, 3.8) is 0 Å². The predicted octanol–water partition coefficient (Wildman–Crippen LogP) is 2.07. The molecule has 0 bridgehead atoms. The van der Waals surface area contributed by atoms with E-state index in [1.807, 2.05) is 23.1 Å². The lowest BCUT2D eigenvalue weighted by atomic mass is 9.90. The van der Waals surface area contributed by atoms with Gasteiger partial charge in [0.25, 0.3) is 5.91 Å². The average molecular weight is 449 g/mol. The largest absolute Gasteiger partial charge is 0.355 e. The Kier molecular flexibility index (Phi) is 5.93. The van der Waals surface area contributed by atoms with Gasteiger partial charge in [0.05, 0.1) is 17.2 Å². The van der Waals surface area contributed by atoms with Crippen LogP contribution < -0.4 is 16.0 Å². The third kappa shape index (κ3) is 4.81. The van der Waals surface area contributed by atoms with Crippen LogP contribution in [0.2, 0.25) is 0 Å². The maximum Gasteiger partial charge on any atom is 0.257 e. The topological polar surface area (TPSA) is 116 Å². The molecule has 5 rings (SSSR count). The van der Waals surface area contributed by atoms with Gasteiger partial charge in [-0.2, -0.15) is 0 Å². The normalized spacial score (nSPS) is 19.6. The van der Waals surface area contributed by atoms with Crippen molar-refractivity contribution >= 4 is 29.4 Å². The number of amides is 3. The molecule has 2 aromatic rings. The molecule has 3 aliphatic rings. The highest BCUT2D eigenvalue weighted by Gasteiger charge is 2.30. The molecule has 172 valence electrons. The van der Waals surface area contributed by atoms with Crippen molar-refractivity contribution in [2.45, 2.75) is 50.5 Å². The fourth-order valence-electron chi connectivity index (χ4n) is 4.43.